The maximum absolute atomic E-state index is 12.3. The average Bonchev–Trinajstić information content (AvgIpc) is 2.81. The van der Waals surface area contributed by atoms with E-state index in [0.717, 1.165) is 4.90 Å². The predicted molar refractivity (Wildman–Crippen MR) is 65.5 cm³/mol. The lowest BCUT2D eigenvalue weighted by Gasteiger charge is -2.15. The van der Waals surface area contributed by atoms with Gasteiger partial charge >= 0.3 is 0 Å². The molecule has 2 aliphatic heterocycles. The molecule has 2 aliphatic rings. The van der Waals surface area contributed by atoms with Gasteiger partial charge in [0.1, 0.15) is 0 Å². The average molecular weight is 264 g/mol. The SMILES string of the molecule is C[C@@H]1N=N[C@@H]2C(=O)N(c3cccc(Cl)c3)C(=O)[C@@H]12. The van der Waals surface area contributed by atoms with E-state index in [1.807, 2.05) is 0 Å². The van der Waals surface area contributed by atoms with Crippen LogP contribution in [0.15, 0.2) is 34.5 Å². The predicted octanol–water partition coefficient (Wildman–Crippen LogP) is 2.05. The van der Waals surface area contributed by atoms with Crippen molar-refractivity contribution in [2.24, 2.45) is 16.1 Å². The van der Waals surface area contributed by atoms with Crippen molar-refractivity contribution in [3.63, 3.8) is 0 Å². The Kier molecular flexibility index (Phi) is 2.45. The van der Waals surface area contributed by atoms with Crippen LogP contribution in [0.2, 0.25) is 5.02 Å². The van der Waals surface area contributed by atoms with Crippen molar-refractivity contribution in [2.75, 3.05) is 4.90 Å². The Morgan fingerprint density at radius 2 is 2.00 bits per heavy atom. The number of nitrogens with zero attached hydrogens (tertiary/aromatic N) is 3. The van der Waals surface area contributed by atoms with Crippen LogP contribution in [0.4, 0.5) is 5.69 Å². The summed E-state index contributed by atoms with van der Waals surface area (Å²) >= 11 is 5.88. The minimum atomic E-state index is -0.661. The summed E-state index contributed by atoms with van der Waals surface area (Å²) in [5.74, 6) is -1.03. The van der Waals surface area contributed by atoms with Crippen LogP contribution in [0.5, 0.6) is 0 Å². The first kappa shape index (κ1) is 11.3. The molecule has 6 heteroatoms. The fourth-order valence-electron chi connectivity index (χ4n) is 2.39. The van der Waals surface area contributed by atoms with Gasteiger partial charge in [-0.25, -0.2) is 4.90 Å². The Hall–Kier alpha value is -1.75. The number of azo groups is 1. The van der Waals surface area contributed by atoms with E-state index < -0.39 is 12.0 Å². The van der Waals surface area contributed by atoms with Crippen LogP contribution in [-0.2, 0) is 9.59 Å². The first-order valence-corrected chi connectivity index (χ1v) is 6.01. The molecule has 3 atom stereocenters. The summed E-state index contributed by atoms with van der Waals surface area (Å²) in [6.45, 7) is 1.79. The zero-order valence-corrected chi connectivity index (χ0v) is 10.3. The lowest BCUT2D eigenvalue weighted by Crippen LogP contribution is -2.32. The number of amides is 2. The summed E-state index contributed by atoms with van der Waals surface area (Å²) in [5, 5.41) is 8.27. The normalized spacial score (nSPS) is 30.1. The lowest BCUT2D eigenvalue weighted by molar-refractivity contribution is -0.122. The first-order chi connectivity index (χ1) is 8.59. The second-order valence-electron chi connectivity index (χ2n) is 4.43. The molecular weight excluding hydrogens is 254 g/mol. The molecule has 1 fully saturated rings. The number of carbonyl (C=O) groups excluding carboxylic acids is 2. The van der Waals surface area contributed by atoms with Gasteiger partial charge in [0.15, 0.2) is 6.04 Å². The highest BCUT2D eigenvalue weighted by Crippen LogP contribution is 2.36. The molecule has 0 N–H and O–H groups in total. The molecule has 5 nitrogen and oxygen atoms in total. The Balaban J connectivity index is 2.02. The highest BCUT2D eigenvalue weighted by molar-refractivity contribution is 6.31. The van der Waals surface area contributed by atoms with E-state index in [2.05, 4.69) is 10.2 Å². The van der Waals surface area contributed by atoms with E-state index in [4.69, 9.17) is 11.6 Å². The Labute approximate surface area is 108 Å². The quantitative estimate of drug-likeness (QED) is 0.728. The molecule has 1 aromatic carbocycles. The standard InChI is InChI=1S/C12H10ClN3O2/c1-6-9-10(15-14-6)12(18)16(11(9)17)8-4-2-3-7(13)5-8/h2-6,9-10H,1H3/t6-,9-,10-/m0/s1. The van der Waals surface area contributed by atoms with Crippen molar-refractivity contribution in [3.8, 4) is 0 Å². The van der Waals surface area contributed by atoms with E-state index >= 15 is 0 Å². The summed E-state index contributed by atoms with van der Waals surface area (Å²) in [6.07, 6.45) is 0. The highest BCUT2D eigenvalue weighted by atomic mass is 35.5. The van der Waals surface area contributed by atoms with Gasteiger partial charge in [-0.1, -0.05) is 17.7 Å². The van der Waals surface area contributed by atoms with E-state index in [-0.39, 0.29) is 17.9 Å². The zero-order chi connectivity index (χ0) is 12.9. The molecule has 92 valence electrons. The molecule has 0 bridgehead atoms. The topological polar surface area (TPSA) is 62.1 Å². The third-order valence-electron chi connectivity index (χ3n) is 3.28. The van der Waals surface area contributed by atoms with Gasteiger partial charge < -0.3 is 0 Å². The van der Waals surface area contributed by atoms with E-state index in [1.165, 1.54) is 0 Å². The van der Waals surface area contributed by atoms with E-state index in [0.29, 0.717) is 10.7 Å². The summed E-state index contributed by atoms with van der Waals surface area (Å²) in [4.78, 5) is 25.6. The summed E-state index contributed by atoms with van der Waals surface area (Å²) < 4.78 is 0. The van der Waals surface area contributed by atoms with Crippen molar-refractivity contribution in [1.82, 2.24) is 0 Å². The minimum absolute atomic E-state index is 0.240. The summed E-state index contributed by atoms with van der Waals surface area (Å²) in [6, 6.07) is 5.78. The Morgan fingerprint density at radius 1 is 1.22 bits per heavy atom. The fraction of sp³-hybridized carbons (Fsp3) is 0.333. The van der Waals surface area contributed by atoms with E-state index in [1.54, 1.807) is 31.2 Å². The van der Waals surface area contributed by atoms with Gasteiger partial charge in [-0.05, 0) is 25.1 Å². The zero-order valence-electron chi connectivity index (χ0n) is 9.58. The number of rotatable bonds is 1. The Bertz CT molecular complexity index is 572. The molecule has 0 spiro atoms. The number of benzene rings is 1. The Morgan fingerprint density at radius 3 is 2.67 bits per heavy atom. The third-order valence-corrected chi connectivity index (χ3v) is 3.51. The van der Waals surface area contributed by atoms with Crippen molar-refractivity contribution in [2.45, 2.75) is 19.0 Å². The van der Waals surface area contributed by atoms with Crippen molar-refractivity contribution >= 4 is 29.1 Å². The smallest absolute Gasteiger partial charge is 0.261 e. The van der Waals surface area contributed by atoms with Gasteiger partial charge in [0.2, 0.25) is 5.91 Å². The fourth-order valence-corrected chi connectivity index (χ4v) is 2.57. The van der Waals surface area contributed by atoms with Crippen molar-refractivity contribution < 1.29 is 9.59 Å². The van der Waals surface area contributed by atoms with Crippen LogP contribution in [-0.4, -0.2) is 23.9 Å². The molecule has 2 amide bonds. The van der Waals surface area contributed by atoms with Gasteiger partial charge in [0, 0.05) is 5.02 Å². The number of anilines is 1. The molecule has 0 saturated carbocycles. The van der Waals surface area contributed by atoms with Gasteiger partial charge in [-0.3, -0.25) is 9.59 Å². The molecule has 3 rings (SSSR count). The maximum atomic E-state index is 12.3. The number of carbonyl (C=O) groups is 2. The molecular formula is C12H10ClN3O2. The molecule has 2 heterocycles. The monoisotopic (exact) mass is 263 g/mol. The molecule has 0 aliphatic carbocycles. The number of halogens is 1. The largest absolute Gasteiger partial charge is 0.274 e. The molecule has 0 radical (unpaired) electrons. The van der Waals surface area contributed by atoms with Crippen molar-refractivity contribution in [3.05, 3.63) is 29.3 Å². The number of hydrogen-bond donors (Lipinski definition) is 0. The second-order valence-corrected chi connectivity index (χ2v) is 4.87. The molecule has 1 aromatic rings. The van der Waals surface area contributed by atoms with Gasteiger partial charge in [-0.15, -0.1) is 0 Å². The number of imide groups is 1. The number of hydrogen-bond acceptors (Lipinski definition) is 4. The van der Waals surface area contributed by atoms with Gasteiger partial charge in [0.05, 0.1) is 17.6 Å². The van der Waals surface area contributed by atoms with Crippen LogP contribution in [0.1, 0.15) is 6.92 Å². The third kappa shape index (κ3) is 1.47. The second kappa shape index (κ2) is 3.88. The summed E-state index contributed by atoms with van der Waals surface area (Å²) in [7, 11) is 0. The highest BCUT2D eigenvalue weighted by Gasteiger charge is 2.53. The maximum Gasteiger partial charge on any atom is 0.261 e. The molecule has 18 heavy (non-hydrogen) atoms. The van der Waals surface area contributed by atoms with Crippen molar-refractivity contribution in [1.29, 1.82) is 0 Å². The number of fused-ring (bicyclic) bond motifs is 1. The molecule has 0 unspecified atom stereocenters. The van der Waals surface area contributed by atoms with Crippen LogP contribution >= 0.6 is 11.6 Å². The van der Waals surface area contributed by atoms with Crippen LogP contribution in [0.3, 0.4) is 0 Å². The van der Waals surface area contributed by atoms with Crippen LogP contribution < -0.4 is 4.90 Å². The van der Waals surface area contributed by atoms with Gasteiger partial charge in [-0.2, -0.15) is 10.2 Å². The molecule has 1 saturated heterocycles. The van der Waals surface area contributed by atoms with Crippen LogP contribution in [0.25, 0.3) is 0 Å². The first-order valence-electron chi connectivity index (χ1n) is 5.63. The molecule has 0 aromatic heterocycles. The van der Waals surface area contributed by atoms with Gasteiger partial charge in [0.25, 0.3) is 5.91 Å². The van der Waals surface area contributed by atoms with Crippen LogP contribution in [0, 0.1) is 5.92 Å². The summed E-state index contributed by atoms with van der Waals surface area (Å²) in [5.41, 5.74) is 0.495. The lowest BCUT2D eigenvalue weighted by atomic mass is 9.98. The minimum Gasteiger partial charge on any atom is -0.274 e. The van der Waals surface area contributed by atoms with E-state index in [9.17, 15) is 9.59 Å².